The number of hydrogen-bond donors (Lipinski definition) is 1. The summed E-state index contributed by atoms with van der Waals surface area (Å²) in [6.07, 6.45) is 1.85. The highest BCUT2D eigenvalue weighted by molar-refractivity contribution is 7.99. The quantitative estimate of drug-likeness (QED) is 0.593. The molecule has 0 aliphatic carbocycles. The molecular formula is C20H23NOS. The van der Waals surface area contributed by atoms with E-state index in [-0.39, 0.29) is 11.9 Å². The molecule has 1 N–H and O–H groups in total. The summed E-state index contributed by atoms with van der Waals surface area (Å²) in [7, 11) is 0. The monoisotopic (exact) mass is 325 g/mol. The Morgan fingerprint density at radius 3 is 2.74 bits per heavy atom. The molecule has 0 heterocycles. The van der Waals surface area contributed by atoms with Crippen LogP contribution in [0.1, 0.15) is 40.0 Å². The molecule has 0 aromatic heterocycles. The smallest absolute Gasteiger partial charge is 0.252 e. The van der Waals surface area contributed by atoms with Gasteiger partial charge >= 0.3 is 0 Å². The molecule has 2 aromatic rings. The molecule has 3 heteroatoms. The summed E-state index contributed by atoms with van der Waals surface area (Å²) in [6, 6.07) is 14.0. The highest BCUT2D eigenvalue weighted by atomic mass is 32.2. The first-order valence-corrected chi connectivity index (χ1v) is 8.72. The van der Waals surface area contributed by atoms with Gasteiger partial charge in [-0.25, -0.2) is 0 Å². The minimum Gasteiger partial charge on any atom is -0.345 e. The lowest BCUT2D eigenvalue weighted by Crippen LogP contribution is -2.27. The van der Waals surface area contributed by atoms with E-state index in [0.717, 1.165) is 21.8 Å². The fourth-order valence-electron chi connectivity index (χ4n) is 2.51. The zero-order chi connectivity index (χ0) is 16.8. The molecule has 0 unspecified atom stereocenters. The molecular weight excluding hydrogens is 302 g/mol. The Morgan fingerprint density at radius 2 is 2.00 bits per heavy atom. The van der Waals surface area contributed by atoms with Crippen molar-refractivity contribution in [2.75, 3.05) is 5.75 Å². The van der Waals surface area contributed by atoms with Gasteiger partial charge in [0.2, 0.25) is 0 Å². The van der Waals surface area contributed by atoms with Gasteiger partial charge in [-0.3, -0.25) is 4.79 Å². The van der Waals surface area contributed by atoms with Gasteiger partial charge in [-0.15, -0.1) is 18.3 Å². The number of carbonyl (C=O) groups excluding carboxylic acids is 1. The Labute approximate surface area is 143 Å². The number of amides is 1. The molecule has 0 spiro atoms. The molecule has 2 nitrogen and oxygen atoms in total. The van der Waals surface area contributed by atoms with Crippen LogP contribution >= 0.6 is 11.8 Å². The van der Waals surface area contributed by atoms with E-state index in [1.54, 1.807) is 11.8 Å². The SMILES string of the molecule is C=CCSc1ccccc1C(=O)N[C@H](C)c1cc(C)ccc1C. The maximum atomic E-state index is 12.7. The minimum atomic E-state index is -0.0365. The van der Waals surface area contributed by atoms with E-state index in [1.165, 1.54) is 11.1 Å². The average molecular weight is 325 g/mol. The third-order valence-electron chi connectivity index (χ3n) is 3.74. The maximum Gasteiger partial charge on any atom is 0.252 e. The van der Waals surface area contributed by atoms with Crippen LogP contribution in [0.5, 0.6) is 0 Å². The van der Waals surface area contributed by atoms with E-state index in [4.69, 9.17) is 0 Å². The number of benzene rings is 2. The third kappa shape index (κ3) is 4.49. The second-order valence-electron chi connectivity index (χ2n) is 5.65. The molecule has 0 radical (unpaired) electrons. The summed E-state index contributed by atoms with van der Waals surface area (Å²) < 4.78 is 0. The molecule has 120 valence electrons. The topological polar surface area (TPSA) is 29.1 Å². The van der Waals surface area contributed by atoms with Crippen molar-refractivity contribution in [3.05, 3.63) is 77.4 Å². The highest BCUT2D eigenvalue weighted by Gasteiger charge is 2.16. The van der Waals surface area contributed by atoms with Crippen molar-refractivity contribution in [2.24, 2.45) is 0 Å². The zero-order valence-electron chi connectivity index (χ0n) is 13.9. The predicted molar refractivity (Wildman–Crippen MR) is 99.2 cm³/mol. The van der Waals surface area contributed by atoms with Gasteiger partial charge in [0.15, 0.2) is 0 Å². The molecule has 2 rings (SSSR count). The van der Waals surface area contributed by atoms with Crippen LogP contribution < -0.4 is 5.32 Å². The minimum absolute atomic E-state index is 0.0279. The van der Waals surface area contributed by atoms with Crippen LogP contribution in [-0.2, 0) is 0 Å². The lowest BCUT2D eigenvalue weighted by molar-refractivity contribution is 0.0937. The molecule has 0 saturated carbocycles. The third-order valence-corrected chi connectivity index (χ3v) is 4.81. The molecule has 1 atom stereocenters. The number of aryl methyl sites for hydroxylation is 2. The van der Waals surface area contributed by atoms with Gasteiger partial charge < -0.3 is 5.32 Å². The van der Waals surface area contributed by atoms with E-state index in [2.05, 4.69) is 43.9 Å². The van der Waals surface area contributed by atoms with Crippen LogP contribution in [0.25, 0.3) is 0 Å². The maximum absolute atomic E-state index is 12.7. The summed E-state index contributed by atoms with van der Waals surface area (Å²) >= 11 is 1.62. The molecule has 0 fully saturated rings. The van der Waals surface area contributed by atoms with Gasteiger partial charge in [0.1, 0.15) is 0 Å². The lowest BCUT2D eigenvalue weighted by atomic mass is 10.00. The molecule has 0 aliphatic heterocycles. The first-order valence-electron chi connectivity index (χ1n) is 7.73. The van der Waals surface area contributed by atoms with Crippen molar-refractivity contribution in [2.45, 2.75) is 31.7 Å². The van der Waals surface area contributed by atoms with Gasteiger partial charge in [-0.2, -0.15) is 0 Å². The zero-order valence-corrected chi connectivity index (χ0v) is 14.7. The van der Waals surface area contributed by atoms with Crippen LogP contribution in [0.15, 0.2) is 60.0 Å². The Balaban J connectivity index is 2.18. The summed E-state index contributed by atoms with van der Waals surface area (Å²) in [6.45, 7) is 9.90. The molecule has 0 aliphatic rings. The second kappa shape index (κ2) is 8.02. The number of thioether (sulfide) groups is 1. The Bertz CT molecular complexity index is 709. The van der Waals surface area contributed by atoms with Crippen molar-refractivity contribution in [1.82, 2.24) is 5.32 Å². The highest BCUT2D eigenvalue weighted by Crippen LogP contribution is 2.24. The average Bonchev–Trinajstić information content (AvgIpc) is 2.55. The van der Waals surface area contributed by atoms with Crippen LogP contribution in [0.2, 0.25) is 0 Å². The fourth-order valence-corrected chi connectivity index (χ4v) is 3.30. The van der Waals surface area contributed by atoms with Crippen molar-refractivity contribution < 1.29 is 4.79 Å². The van der Waals surface area contributed by atoms with E-state index in [0.29, 0.717) is 0 Å². The van der Waals surface area contributed by atoms with Crippen molar-refractivity contribution in [1.29, 1.82) is 0 Å². The molecule has 0 bridgehead atoms. The van der Waals surface area contributed by atoms with Crippen LogP contribution in [0.4, 0.5) is 0 Å². The number of rotatable bonds is 6. The van der Waals surface area contributed by atoms with Crippen molar-refractivity contribution in [3.8, 4) is 0 Å². The van der Waals surface area contributed by atoms with Gasteiger partial charge in [0.25, 0.3) is 5.91 Å². The second-order valence-corrected chi connectivity index (χ2v) is 6.71. The number of hydrogen-bond acceptors (Lipinski definition) is 2. The van der Waals surface area contributed by atoms with E-state index in [1.807, 2.05) is 37.3 Å². The number of carbonyl (C=O) groups is 1. The van der Waals surface area contributed by atoms with Crippen molar-refractivity contribution in [3.63, 3.8) is 0 Å². The normalized spacial score (nSPS) is 11.8. The first kappa shape index (κ1) is 17.4. The van der Waals surface area contributed by atoms with Crippen LogP contribution in [-0.4, -0.2) is 11.7 Å². The van der Waals surface area contributed by atoms with Crippen LogP contribution in [0.3, 0.4) is 0 Å². The van der Waals surface area contributed by atoms with Gasteiger partial charge in [-0.05, 0) is 44.0 Å². The standard InChI is InChI=1S/C20H23NOS/c1-5-12-23-19-9-7-6-8-17(19)20(22)21-16(4)18-13-14(2)10-11-15(18)3/h5-11,13,16H,1,12H2,2-4H3,(H,21,22)/t16-/m1/s1. The van der Waals surface area contributed by atoms with E-state index < -0.39 is 0 Å². The molecule has 1 amide bonds. The summed E-state index contributed by atoms with van der Waals surface area (Å²) in [5.74, 6) is 0.752. The number of nitrogens with one attached hydrogen (secondary N) is 1. The largest absolute Gasteiger partial charge is 0.345 e. The fraction of sp³-hybridized carbons (Fsp3) is 0.250. The van der Waals surface area contributed by atoms with Gasteiger partial charge in [0.05, 0.1) is 11.6 Å². The molecule has 0 saturated heterocycles. The lowest BCUT2D eigenvalue weighted by Gasteiger charge is -2.18. The van der Waals surface area contributed by atoms with Gasteiger partial charge in [0, 0.05) is 10.6 Å². The summed E-state index contributed by atoms with van der Waals surface area (Å²) in [4.78, 5) is 13.6. The molecule has 2 aromatic carbocycles. The van der Waals surface area contributed by atoms with E-state index in [9.17, 15) is 4.79 Å². The van der Waals surface area contributed by atoms with Crippen LogP contribution in [0, 0.1) is 13.8 Å². The Hall–Kier alpha value is -2.00. The Kier molecular flexibility index (Phi) is 6.05. The van der Waals surface area contributed by atoms with E-state index >= 15 is 0 Å². The van der Waals surface area contributed by atoms with Gasteiger partial charge in [-0.1, -0.05) is 42.0 Å². The first-order chi connectivity index (χ1) is 11.0. The van der Waals surface area contributed by atoms with Crippen molar-refractivity contribution >= 4 is 17.7 Å². The Morgan fingerprint density at radius 1 is 1.26 bits per heavy atom. The molecule has 23 heavy (non-hydrogen) atoms. The predicted octanol–water partition coefficient (Wildman–Crippen LogP) is 5.07. The summed E-state index contributed by atoms with van der Waals surface area (Å²) in [5, 5.41) is 3.12. The summed E-state index contributed by atoms with van der Waals surface area (Å²) in [5.41, 5.74) is 4.28.